The van der Waals surface area contributed by atoms with Gasteiger partial charge in [0.1, 0.15) is 5.82 Å². The first kappa shape index (κ1) is 13.3. The van der Waals surface area contributed by atoms with Crippen molar-refractivity contribution in [2.75, 3.05) is 18.0 Å². The molecule has 0 bridgehead atoms. The van der Waals surface area contributed by atoms with Gasteiger partial charge in [-0.1, -0.05) is 18.2 Å². The van der Waals surface area contributed by atoms with Gasteiger partial charge in [0.25, 0.3) is 0 Å². The molecule has 0 aliphatic carbocycles. The molecule has 0 radical (unpaired) electrons. The normalized spacial score (nSPS) is 23.2. The topological polar surface area (TPSA) is 51.4 Å². The van der Waals surface area contributed by atoms with Crippen LogP contribution in [0.25, 0.3) is 10.9 Å². The number of para-hydroxylation sites is 1. The number of nitrogens with zero attached hydrogens (tertiary/aromatic N) is 2. The van der Waals surface area contributed by atoms with Crippen LogP contribution < -0.4 is 10.6 Å². The first-order valence-corrected chi connectivity index (χ1v) is 7.16. The third-order valence-electron chi connectivity index (χ3n) is 3.72. The molecule has 1 saturated heterocycles. The lowest BCUT2D eigenvalue weighted by Crippen LogP contribution is -2.46. The highest BCUT2D eigenvalue weighted by Gasteiger charge is 2.24. The minimum absolute atomic E-state index is 0.220. The molecule has 1 fully saturated rings. The Balaban J connectivity index is 2.04. The van der Waals surface area contributed by atoms with Gasteiger partial charge < -0.3 is 15.4 Å². The lowest BCUT2D eigenvalue weighted by atomic mass is 10.1. The van der Waals surface area contributed by atoms with E-state index in [4.69, 9.17) is 15.5 Å². The molecule has 0 spiro atoms. The number of anilines is 1. The highest BCUT2D eigenvalue weighted by Crippen LogP contribution is 2.26. The Hall–Kier alpha value is -1.65. The highest BCUT2D eigenvalue weighted by atomic mass is 16.5. The van der Waals surface area contributed by atoms with Crippen LogP contribution in [0.3, 0.4) is 0 Å². The summed E-state index contributed by atoms with van der Waals surface area (Å²) in [5.41, 5.74) is 8.04. The van der Waals surface area contributed by atoms with E-state index in [0.717, 1.165) is 35.4 Å². The smallest absolute Gasteiger partial charge is 0.133 e. The Bertz CT molecular complexity index is 604. The van der Waals surface area contributed by atoms with Gasteiger partial charge in [0.2, 0.25) is 0 Å². The van der Waals surface area contributed by atoms with Crippen molar-refractivity contribution in [1.82, 2.24) is 4.98 Å². The number of nitrogens with two attached hydrogens (primary N) is 1. The summed E-state index contributed by atoms with van der Waals surface area (Å²) in [6.45, 7) is 6.44. The van der Waals surface area contributed by atoms with Gasteiger partial charge in [-0.3, -0.25) is 0 Å². The maximum absolute atomic E-state index is 5.92. The van der Waals surface area contributed by atoms with Crippen molar-refractivity contribution < 1.29 is 4.74 Å². The van der Waals surface area contributed by atoms with Crippen LogP contribution in [0.1, 0.15) is 19.4 Å². The number of pyridine rings is 1. The average Bonchev–Trinajstić information content (AvgIpc) is 2.44. The number of fused-ring (bicyclic) bond motifs is 1. The summed E-state index contributed by atoms with van der Waals surface area (Å²) in [6.07, 6.45) is 0.440. The summed E-state index contributed by atoms with van der Waals surface area (Å²) in [7, 11) is 0. The summed E-state index contributed by atoms with van der Waals surface area (Å²) >= 11 is 0. The first-order valence-electron chi connectivity index (χ1n) is 7.16. The van der Waals surface area contributed by atoms with Crippen molar-refractivity contribution in [2.45, 2.75) is 32.6 Å². The van der Waals surface area contributed by atoms with E-state index >= 15 is 0 Å². The van der Waals surface area contributed by atoms with E-state index in [1.807, 2.05) is 18.2 Å². The van der Waals surface area contributed by atoms with Gasteiger partial charge in [0, 0.05) is 30.6 Å². The van der Waals surface area contributed by atoms with Gasteiger partial charge in [-0.25, -0.2) is 4.98 Å². The SMILES string of the molecule is CC1CN(c2nc3ccccc3cc2CN)CC(C)O1. The largest absolute Gasteiger partial charge is 0.372 e. The fraction of sp³-hybridized carbons (Fsp3) is 0.438. The van der Waals surface area contributed by atoms with Crippen LogP contribution in [-0.4, -0.2) is 30.3 Å². The maximum Gasteiger partial charge on any atom is 0.133 e. The fourth-order valence-electron chi connectivity index (χ4n) is 2.92. The van der Waals surface area contributed by atoms with Crippen molar-refractivity contribution >= 4 is 16.7 Å². The first-order chi connectivity index (χ1) is 9.67. The summed E-state index contributed by atoms with van der Waals surface area (Å²) in [5.74, 6) is 1.01. The number of benzene rings is 1. The van der Waals surface area contributed by atoms with Gasteiger partial charge in [-0.05, 0) is 26.0 Å². The second-order valence-corrected chi connectivity index (χ2v) is 5.53. The van der Waals surface area contributed by atoms with E-state index in [1.54, 1.807) is 0 Å². The predicted octanol–water partition coefficient (Wildman–Crippen LogP) is 2.31. The number of hydrogen-bond acceptors (Lipinski definition) is 4. The molecule has 20 heavy (non-hydrogen) atoms. The zero-order valence-electron chi connectivity index (χ0n) is 12.0. The molecule has 2 N–H and O–H groups in total. The average molecular weight is 271 g/mol. The molecule has 4 heteroatoms. The zero-order chi connectivity index (χ0) is 14.1. The molecule has 1 aromatic heterocycles. The van der Waals surface area contributed by atoms with E-state index in [-0.39, 0.29) is 12.2 Å². The van der Waals surface area contributed by atoms with E-state index in [1.165, 1.54) is 0 Å². The summed E-state index contributed by atoms with van der Waals surface area (Å²) in [4.78, 5) is 7.13. The molecule has 1 aromatic carbocycles. The number of rotatable bonds is 2. The van der Waals surface area contributed by atoms with Gasteiger partial charge in [0.15, 0.2) is 0 Å². The van der Waals surface area contributed by atoms with Crippen LogP contribution in [0.4, 0.5) is 5.82 Å². The predicted molar refractivity (Wildman–Crippen MR) is 81.9 cm³/mol. The molecule has 3 rings (SSSR count). The molecule has 0 saturated carbocycles. The van der Waals surface area contributed by atoms with E-state index < -0.39 is 0 Å². The molecule has 4 nitrogen and oxygen atoms in total. The molecule has 2 heterocycles. The molecule has 2 atom stereocenters. The second kappa shape index (κ2) is 5.38. The van der Waals surface area contributed by atoms with Gasteiger partial charge in [0.05, 0.1) is 17.7 Å². The van der Waals surface area contributed by atoms with Crippen LogP contribution in [-0.2, 0) is 11.3 Å². The molecule has 0 amide bonds. The third kappa shape index (κ3) is 2.49. The molecule has 1 aliphatic rings. The highest BCUT2D eigenvalue weighted by molar-refractivity contribution is 5.81. The van der Waals surface area contributed by atoms with Crippen molar-refractivity contribution in [3.05, 3.63) is 35.9 Å². The van der Waals surface area contributed by atoms with Crippen molar-refractivity contribution in [3.63, 3.8) is 0 Å². The van der Waals surface area contributed by atoms with Crippen LogP contribution in [0.15, 0.2) is 30.3 Å². The summed E-state index contributed by atoms with van der Waals surface area (Å²) in [6, 6.07) is 10.3. The summed E-state index contributed by atoms with van der Waals surface area (Å²) < 4.78 is 5.80. The minimum Gasteiger partial charge on any atom is -0.372 e. The third-order valence-corrected chi connectivity index (χ3v) is 3.72. The lowest BCUT2D eigenvalue weighted by Gasteiger charge is -2.37. The summed E-state index contributed by atoms with van der Waals surface area (Å²) in [5, 5.41) is 1.14. The van der Waals surface area contributed by atoms with Crippen molar-refractivity contribution in [2.24, 2.45) is 5.73 Å². The van der Waals surface area contributed by atoms with Crippen LogP contribution >= 0.6 is 0 Å². The molecule has 2 unspecified atom stereocenters. The van der Waals surface area contributed by atoms with E-state index in [0.29, 0.717) is 6.54 Å². The number of ether oxygens (including phenoxy) is 1. The quantitative estimate of drug-likeness (QED) is 0.910. The lowest BCUT2D eigenvalue weighted by molar-refractivity contribution is -0.00548. The maximum atomic E-state index is 5.92. The molecular formula is C16H21N3O. The standard InChI is InChI=1S/C16H21N3O/c1-11-9-19(10-12(2)20-11)16-14(8-17)7-13-5-3-4-6-15(13)18-16/h3-7,11-12H,8-10,17H2,1-2H3. The Morgan fingerprint density at radius 3 is 2.65 bits per heavy atom. The second-order valence-electron chi connectivity index (χ2n) is 5.53. The zero-order valence-corrected chi connectivity index (χ0v) is 12.0. The molecule has 1 aliphatic heterocycles. The van der Waals surface area contributed by atoms with Gasteiger partial charge in [-0.15, -0.1) is 0 Å². The van der Waals surface area contributed by atoms with Crippen LogP contribution in [0.5, 0.6) is 0 Å². The van der Waals surface area contributed by atoms with Gasteiger partial charge >= 0.3 is 0 Å². The molecule has 2 aromatic rings. The van der Waals surface area contributed by atoms with E-state index in [9.17, 15) is 0 Å². The molecular weight excluding hydrogens is 250 g/mol. The molecule has 106 valence electrons. The van der Waals surface area contributed by atoms with Gasteiger partial charge in [-0.2, -0.15) is 0 Å². The number of hydrogen-bond donors (Lipinski definition) is 1. The number of morpholine rings is 1. The monoisotopic (exact) mass is 271 g/mol. The Kier molecular flexibility index (Phi) is 3.59. The Labute approximate surface area is 119 Å². The van der Waals surface area contributed by atoms with Crippen LogP contribution in [0, 0.1) is 0 Å². The van der Waals surface area contributed by atoms with Crippen molar-refractivity contribution in [3.8, 4) is 0 Å². The van der Waals surface area contributed by atoms with Crippen molar-refractivity contribution in [1.29, 1.82) is 0 Å². The number of aromatic nitrogens is 1. The van der Waals surface area contributed by atoms with Crippen LogP contribution in [0.2, 0.25) is 0 Å². The Morgan fingerprint density at radius 1 is 1.25 bits per heavy atom. The Morgan fingerprint density at radius 2 is 1.95 bits per heavy atom. The fourth-order valence-corrected chi connectivity index (χ4v) is 2.92. The van der Waals surface area contributed by atoms with E-state index in [2.05, 4.69) is 30.9 Å². The minimum atomic E-state index is 0.220.